The van der Waals surface area contributed by atoms with E-state index in [1.54, 1.807) is 11.3 Å². The molecular formula is C16H16N2O2S. The van der Waals surface area contributed by atoms with Gasteiger partial charge in [-0.3, -0.25) is 0 Å². The van der Waals surface area contributed by atoms with Gasteiger partial charge in [0, 0.05) is 12.7 Å². The number of aryl methyl sites for hydroxylation is 1. The predicted molar refractivity (Wildman–Crippen MR) is 86.1 cm³/mol. The van der Waals surface area contributed by atoms with Gasteiger partial charge in [0.15, 0.2) is 5.75 Å². The summed E-state index contributed by atoms with van der Waals surface area (Å²) in [5.74, 6) is 1.33. The first kappa shape index (κ1) is 13.9. The second kappa shape index (κ2) is 5.71. The van der Waals surface area contributed by atoms with E-state index in [4.69, 9.17) is 15.6 Å². The molecule has 108 valence electrons. The highest BCUT2D eigenvalue weighted by atomic mass is 32.1. The summed E-state index contributed by atoms with van der Waals surface area (Å²) in [7, 11) is 0. The summed E-state index contributed by atoms with van der Waals surface area (Å²) in [5.41, 5.74) is 8.62. The van der Waals surface area contributed by atoms with Gasteiger partial charge in [0.25, 0.3) is 0 Å². The van der Waals surface area contributed by atoms with Crippen LogP contribution in [0.5, 0.6) is 11.5 Å². The van der Waals surface area contributed by atoms with E-state index in [9.17, 15) is 0 Å². The molecule has 0 radical (unpaired) electrons. The van der Waals surface area contributed by atoms with Crippen molar-refractivity contribution in [1.29, 1.82) is 0 Å². The zero-order chi connectivity index (χ0) is 14.8. The fraction of sp³-hybridized carbons (Fsp3) is 0.188. The van der Waals surface area contributed by atoms with Crippen molar-refractivity contribution < 1.29 is 9.84 Å². The first-order chi connectivity index (χ1) is 10.2. The molecule has 2 aromatic carbocycles. The molecule has 0 amide bonds. The Balaban J connectivity index is 1.88. The van der Waals surface area contributed by atoms with Crippen LogP contribution in [0.2, 0.25) is 0 Å². The lowest BCUT2D eigenvalue weighted by atomic mass is 10.1. The molecule has 0 saturated carbocycles. The summed E-state index contributed by atoms with van der Waals surface area (Å²) >= 11 is 1.62. The number of nitrogens with two attached hydrogens (primary N) is 1. The van der Waals surface area contributed by atoms with E-state index in [2.05, 4.69) is 4.98 Å². The minimum Gasteiger partial charge on any atom is -0.455 e. The zero-order valence-corrected chi connectivity index (χ0v) is 12.5. The molecule has 0 atom stereocenters. The third-order valence-corrected chi connectivity index (χ3v) is 4.11. The zero-order valence-electron chi connectivity index (χ0n) is 11.7. The van der Waals surface area contributed by atoms with Crippen LogP contribution in [0.1, 0.15) is 10.6 Å². The van der Waals surface area contributed by atoms with Gasteiger partial charge in [0.1, 0.15) is 5.75 Å². The number of rotatable bonds is 4. The quantitative estimate of drug-likeness (QED) is 0.723. The number of benzene rings is 2. The number of anilines is 1. The molecule has 0 saturated heterocycles. The number of thiazole rings is 1. The van der Waals surface area contributed by atoms with Crippen LogP contribution in [0.3, 0.4) is 0 Å². The molecule has 1 aromatic heterocycles. The highest BCUT2D eigenvalue weighted by Crippen LogP contribution is 2.34. The largest absolute Gasteiger partial charge is 0.455 e. The highest BCUT2D eigenvalue weighted by Gasteiger charge is 2.08. The Morgan fingerprint density at radius 3 is 2.71 bits per heavy atom. The van der Waals surface area contributed by atoms with Gasteiger partial charge in [-0.1, -0.05) is 12.1 Å². The van der Waals surface area contributed by atoms with E-state index in [-0.39, 0.29) is 6.61 Å². The van der Waals surface area contributed by atoms with E-state index >= 15 is 0 Å². The summed E-state index contributed by atoms with van der Waals surface area (Å²) in [6.07, 6.45) is 0.645. The first-order valence-electron chi connectivity index (χ1n) is 6.70. The molecule has 0 aliphatic heterocycles. The van der Waals surface area contributed by atoms with Gasteiger partial charge in [-0.15, -0.1) is 11.3 Å². The van der Waals surface area contributed by atoms with Crippen molar-refractivity contribution in [3.63, 3.8) is 0 Å². The molecule has 3 aromatic rings. The molecule has 0 aliphatic rings. The lowest BCUT2D eigenvalue weighted by Crippen LogP contribution is -1.93. The fourth-order valence-electron chi connectivity index (χ4n) is 2.15. The van der Waals surface area contributed by atoms with Gasteiger partial charge in [0.2, 0.25) is 0 Å². The Hall–Kier alpha value is -2.11. The summed E-state index contributed by atoms with van der Waals surface area (Å²) in [5, 5.41) is 9.92. The number of hydrogen-bond donors (Lipinski definition) is 2. The van der Waals surface area contributed by atoms with Crippen LogP contribution < -0.4 is 10.5 Å². The molecule has 5 heteroatoms. The number of fused-ring (bicyclic) bond motifs is 1. The van der Waals surface area contributed by atoms with Gasteiger partial charge in [-0.25, -0.2) is 4.98 Å². The van der Waals surface area contributed by atoms with Gasteiger partial charge in [-0.05, 0) is 37.1 Å². The number of aliphatic hydroxyl groups excluding tert-OH is 1. The second-order valence-corrected chi connectivity index (χ2v) is 6.05. The van der Waals surface area contributed by atoms with E-state index in [0.717, 1.165) is 26.5 Å². The fourth-order valence-corrected chi connectivity index (χ4v) is 3.01. The van der Waals surface area contributed by atoms with E-state index in [1.807, 2.05) is 43.3 Å². The third-order valence-electron chi connectivity index (χ3n) is 3.18. The summed E-state index contributed by atoms with van der Waals surface area (Å²) in [4.78, 5) is 4.45. The van der Waals surface area contributed by atoms with E-state index in [0.29, 0.717) is 17.9 Å². The van der Waals surface area contributed by atoms with Crippen molar-refractivity contribution in [3.05, 3.63) is 47.0 Å². The Labute approximate surface area is 126 Å². The van der Waals surface area contributed by atoms with Crippen molar-refractivity contribution in [2.45, 2.75) is 13.3 Å². The Morgan fingerprint density at radius 1 is 1.24 bits per heavy atom. The Kier molecular flexibility index (Phi) is 3.77. The van der Waals surface area contributed by atoms with Crippen LogP contribution in [0.4, 0.5) is 5.69 Å². The maximum atomic E-state index is 8.91. The number of aromatic nitrogens is 1. The topological polar surface area (TPSA) is 68.4 Å². The van der Waals surface area contributed by atoms with E-state index in [1.165, 1.54) is 0 Å². The van der Waals surface area contributed by atoms with Gasteiger partial charge in [-0.2, -0.15) is 0 Å². The Bertz CT molecular complexity index is 766. The number of aliphatic hydroxyl groups is 1. The normalized spacial score (nSPS) is 11.0. The number of nitrogens with zero attached hydrogens (tertiary/aromatic N) is 1. The summed E-state index contributed by atoms with van der Waals surface area (Å²) < 4.78 is 6.90. The second-order valence-electron chi connectivity index (χ2n) is 4.81. The van der Waals surface area contributed by atoms with Crippen molar-refractivity contribution in [2.75, 3.05) is 12.3 Å². The molecule has 4 nitrogen and oxygen atoms in total. The highest BCUT2D eigenvalue weighted by molar-refractivity contribution is 7.18. The van der Waals surface area contributed by atoms with Crippen LogP contribution >= 0.6 is 11.3 Å². The maximum Gasteiger partial charge on any atom is 0.152 e. The van der Waals surface area contributed by atoms with Gasteiger partial charge >= 0.3 is 0 Å². The molecule has 3 rings (SSSR count). The first-order valence-corrected chi connectivity index (χ1v) is 7.51. The SMILES string of the molecule is Cc1nc2cc(Oc3ccc(CCO)cc3)c(N)cc2s1. The molecule has 0 fully saturated rings. The number of hydrogen-bond acceptors (Lipinski definition) is 5. The standard InChI is InChI=1S/C16H16N2O2S/c1-10-18-14-9-15(13(17)8-16(14)21-10)20-12-4-2-11(3-5-12)6-7-19/h2-5,8-9,19H,6-7,17H2,1H3. The number of nitrogen functional groups attached to an aromatic ring is 1. The monoisotopic (exact) mass is 300 g/mol. The molecule has 0 bridgehead atoms. The van der Waals surface area contributed by atoms with Crippen LogP contribution in [0, 0.1) is 6.92 Å². The van der Waals surface area contributed by atoms with Crippen molar-refractivity contribution in [2.24, 2.45) is 0 Å². The van der Waals surface area contributed by atoms with Crippen LogP contribution in [0.25, 0.3) is 10.2 Å². The van der Waals surface area contributed by atoms with Crippen LogP contribution in [-0.2, 0) is 6.42 Å². The van der Waals surface area contributed by atoms with Gasteiger partial charge < -0.3 is 15.6 Å². The summed E-state index contributed by atoms with van der Waals surface area (Å²) in [6, 6.07) is 11.4. The third kappa shape index (κ3) is 2.99. The van der Waals surface area contributed by atoms with Crippen molar-refractivity contribution in [3.8, 4) is 11.5 Å². The lowest BCUT2D eigenvalue weighted by molar-refractivity contribution is 0.299. The average Bonchev–Trinajstić information content (AvgIpc) is 2.81. The predicted octanol–water partition coefficient (Wildman–Crippen LogP) is 3.51. The molecule has 0 aliphatic carbocycles. The van der Waals surface area contributed by atoms with Crippen LogP contribution in [-0.4, -0.2) is 16.7 Å². The smallest absolute Gasteiger partial charge is 0.152 e. The minimum absolute atomic E-state index is 0.146. The average molecular weight is 300 g/mol. The Morgan fingerprint density at radius 2 is 2.00 bits per heavy atom. The van der Waals surface area contributed by atoms with Crippen molar-refractivity contribution >= 4 is 27.2 Å². The van der Waals surface area contributed by atoms with Gasteiger partial charge in [0.05, 0.1) is 20.9 Å². The van der Waals surface area contributed by atoms with Crippen molar-refractivity contribution in [1.82, 2.24) is 4.98 Å². The maximum absolute atomic E-state index is 8.91. The molecule has 1 heterocycles. The molecular weight excluding hydrogens is 284 g/mol. The van der Waals surface area contributed by atoms with Crippen LogP contribution in [0.15, 0.2) is 36.4 Å². The molecule has 21 heavy (non-hydrogen) atoms. The molecule has 0 spiro atoms. The number of ether oxygens (including phenoxy) is 1. The molecule has 3 N–H and O–H groups in total. The van der Waals surface area contributed by atoms with E-state index < -0.39 is 0 Å². The minimum atomic E-state index is 0.146. The lowest BCUT2D eigenvalue weighted by Gasteiger charge is -2.09. The molecule has 0 unspecified atom stereocenters. The summed E-state index contributed by atoms with van der Waals surface area (Å²) in [6.45, 7) is 2.12.